The second-order valence-corrected chi connectivity index (χ2v) is 3.43. The Hall–Kier alpha value is -1.49. The Balaban J connectivity index is 2.86. The van der Waals surface area contributed by atoms with Crippen LogP contribution in [0.15, 0.2) is 18.3 Å². The molecule has 0 aliphatic carbocycles. The van der Waals surface area contributed by atoms with Crippen molar-refractivity contribution in [3.8, 4) is 0 Å². The van der Waals surface area contributed by atoms with Gasteiger partial charge in [0.25, 0.3) is 0 Å². The molecule has 0 amide bonds. The van der Waals surface area contributed by atoms with Gasteiger partial charge in [-0.2, -0.15) is 0 Å². The topological polar surface area (TPSA) is 43.3 Å². The van der Waals surface area contributed by atoms with E-state index in [2.05, 4.69) is 4.98 Å². The van der Waals surface area contributed by atoms with Gasteiger partial charge in [-0.25, -0.2) is 9.37 Å². The Morgan fingerprint density at radius 1 is 1.57 bits per heavy atom. The zero-order valence-corrected chi connectivity index (χ0v) is 8.31. The van der Waals surface area contributed by atoms with E-state index in [9.17, 15) is 4.39 Å². The van der Waals surface area contributed by atoms with Crippen LogP contribution in [-0.4, -0.2) is 14.4 Å². The zero-order valence-electron chi connectivity index (χ0n) is 7.49. The number of pyridine rings is 1. The molecule has 0 radical (unpaired) electrons. The lowest BCUT2D eigenvalue weighted by atomic mass is 10.3. The maximum atomic E-state index is 13.0. The van der Waals surface area contributed by atoms with Crippen molar-refractivity contribution in [2.24, 2.45) is 5.73 Å². The summed E-state index contributed by atoms with van der Waals surface area (Å²) in [6.45, 7) is 1.79. The summed E-state index contributed by atoms with van der Waals surface area (Å²) >= 11 is 4.87. The molecule has 3 nitrogen and oxygen atoms in total. The Kier molecular flexibility index (Phi) is 1.96. The first-order valence-electron chi connectivity index (χ1n) is 4.03. The summed E-state index contributed by atoms with van der Waals surface area (Å²) < 4.78 is 14.5. The molecule has 0 aliphatic heterocycles. The highest BCUT2D eigenvalue weighted by molar-refractivity contribution is 7.80. The molecule has 0 aliphatic rings. The second-order valence-electron chi connectivity index (χ2n) is 2.99. The number of aromatic nitrogens is 2. The van der Waals surface area contributed by atoms with Crippen molar-refractivity contribution in [2.75, 3.05) is 0 Å². The third-order valence-electron chi connectivity index (χ3n) is 1.99. The normalized spacial score (nSPS) is 10.7. The van der Waals surface area contributed by atoms with E-state index in [4.69, 9.17) is 18.0 Å². The van der Waals surface area contributed by atoms with E-state index in [0.717, 1.165) is 0 Å². The van der Waals surface area contributed by atoms with Crippen molar-refractivity contribution in [1.29, 1.82) is 0 Å². The molecule has 2 N–H and O–H groups in total. The number of hydrogen-bond acceptors (Lipinski definition) is 2. The number of nitrogens with zero attached hydrogens (tertiary/aromatic N) is 2. The van der Waals surface area contributed by atoms with E-state index in [1.165, 1.54) is 12.3 Å². The summed E-state index contributed by atoms with van der Waals surface area (Å²) in [5, 5.41) is 0. The number of rotatable bonds is 1. The van der Waals surface area contributed by atoms with Gasteiger partial charge in [0.05, 0.1) is 5.69 Å². The number of thiocarbonyl (C=S) groups is 1. The summed E-state index contributed by atoms with van der Waals surface area (Å²) in [6.07, 6.45) is 1.32. The van der Waals surface area contributed by atoms with Crippen molar-refractivity contribution >= 4 is 22.9 Å². The summed E-state index contributed by atoms with van der Waals surface area (Å²) in [4.78, 5) is 4.43. The van der Waals surface area contributed by atoms with Crippen molar-refractivity contribution in [3.05, 3.63) is 35.5 Å². The molecule has 0 spiro atoms. The van der Waals surface area contributed by atoms with Crippen LogP contribution in [0.25, 0.3) is 5.65 Å². The van der Waals surface area contributed by atoms with E-state index in [0.29, 0.717) is 17.0 Å². The fourth-order valence-electron chi connectivity index (χ4n) is 1.43. The monoisotopic (exact) mass is 209 g/mol. The van der Waals surface area contributed by atoms with Crippen molar-refractivity contribution < 1.29 is 4.39 Å². The summed E-state index contributed by atoms with van der Waals surface area (Å²) in [6, 6.07) is 2.94. The minimum atomic E-state index is -0.340. The van der Waals surface area contributed by atoms with Crippen LogP contribution in [0.2, 0.25) is 0 Å². The molecular formula is C9H8FN3S. The molecule has 2 aromatic rings. The van der Waals surface area contributed by atoms with Crippen LogP contribution in [0.4, 0.5) is 4.39 Å². The maximum Gasteiger partial charge on any atom is 0.139 e. The highest BCUT2D eigenvalue weighted by atomic mass is 32.1. The predicted octanol–water partition coefficient (Wildman–Crippen LogP) is 1.42. The molecule has 5 heteroatoms. The van der Waals surface area contributed by atoms with Crippen LogP contribution >= 0.6 is 12.2 Å². The van der Waals surface area contributed by atoms with Crippen LogP contribution < -0.4 is 5.73 Å². The molecular weight excluding hydrogens is 201 g/mol. The molecule has 72 valence electrons. The van der Waals surface area contributed by atoms with Gasteiger partial charge in [-0.1, -0.05) is 12.2 Å². The molecule has 14 heavy (non-hydrogen) atoms. The number of fused-ring (bicyclic) bond motifs is 1. The number of halogens is 1. The average Bonchev–Trinajstić information content (AvgIpc) is 2.40. The van der Waals surface area contributed by atoms with E-state index in [1.54, 1.807) is 17.4 Å². The van der Waals surface area contributed by atoms with Gasteiger partial charge >= 0.3 is 0 Å². The summed E-state index contributed by atoms with van der Waals surface area (Å²) in [5.41, 5.74) is 7.47. The smallest absolute Gasteiger partial charge is 0.139 e. The Morgan fingerprint density at radius 2 is 2.29 bits per heavy atom. The average molecular weight is 209 g/mol. The van der Waals surface area contributed by atoms with Gasteiger partial charge < -0.3 is 5.73 Å². The van der Waals surface area contributed by atoms with Crippen LogP contribution in [-0.2, 0) is 0 Å². The number of aryl methyl sites for hydroxylation is 1. The second kappa shape index (κ2) is 3.02. The highest BCUT2D eigenvalue weighted by Gasteiger charge is 2.10. The van der Waals surface area contributed by atoms with E-state index >= 15 is 0 Å². The maximum absolute atomic E-state index is 13.0. The standard InChI is InChI=1S/C9H8FN3S/c1-5-8(9(11)14)13-4-6(10)2-3-7(13)12-5/h2-4H,1H3,(H2,11,14). The van der Waals surface area contributed by atoms with Crippen molar-refractivity contribution in [3.63, 3.8) is 0 Å². The molecule has 0 fully saturated rings. The minimum absolute atomic E-state index is 0.223. The molecule has 2 heterocycles. The minimum Gasteiger partial charge on any atom is -0.388 e. The molecule has 0 bridgehead atoms. The molecule has 0 unspecified atom stereocenters. The largest absolute Gasteiger partial charge is 0.388 e. The van der Waals surface area contributed by atoms with Crippen LogP contribution in [0.3, 0.4) is 0 Å². The lowest BCUT2D eigenvalue weighted by Crippen LogP contribution is -2.13. The SMILES string of the molecule is Cc1nc2ccc(F)cn2c1C(N)=S. The van der Waals surface area contributed by atoms with Gasteiger partial charge in [0.15, 0.2) is 0 Å². The van der Waals surface area contributed by atoms with E-state index in [-0.39, 0.29) is 10.8 Å². The summed E-state index contributed by atoms with van der Waals surface area (Å²) in [7, 11) is 0. The fraction of sp³-hybridized carbons (Fsp3) is 0.111. The van der Waals surface area contributed by atoms with Gasteiger partial charge in [-0.05, 0) is 19.1 Å². The third-order valence-corrected chi connectivity index (χ3v) is 2.18. The quantitative estimate of drug-likeness (QED) is 0.722. The molecule has 0 saturated carbocycles. The van der Waals surface area contributed by atoms with Crippen molar-refractivity contribution in [1.82, 2.24) is 9.38 Å². The Morgan fingerprint density at radius 3 is 2.93 bits per heavy atom. The van der Waals surface area contributed by atoms with E-state index < -0.39 is 0 Å². The van der Waals surface area contributed by atoms with E-state index in [1.807, 2.05) is 0 Å². The van der Waals surface area contributed by atoms with Gasteiger partial charge in [0, 0.05) is 6.20 Å². The van der Waals surface area contributed by atoms with Crippen LogP contribution in [0.1, 0.15) is 11.4 Å². The highest BCUT2D eigenvalue weighted by Crippen LogP contribution is 2.12. The molecule has 0 aromatic carbocycles. The number of hydrogen-bond donors (Lipinski definition) is 1. The molecule has 2 aromatic heterocycles. The molecule has 0 saturated heterocycles. The first-order chi connectivity index (χ1) is 6.59. The summed E-state index contributed by atoms with van der Waals surface area (Å²) in [5.74, 6) is -0.340. The third kappa shape index (κ3) is 1.26. The number of nitrogens with two attached hydrogens (primary N) is 1. The van der Waals surface area contributed by atoms with Crippen LogP contribution in [0, 0.1) is 12.7 Å². The fourth-order valence-corrected chi connectivity index (χ4v) is 1.68. The van der Waals surface area contributed by atoms with Crippen LogP contribution in [0.5, 0.6) is 0 Å². The van der Waals surface area contributed by atoms with Gasteiger partial charge in [0.2, 0.25) is 0 Å². The van der Waals surface area contributed by atoms with Crippen molar-refractivity contribution in [2.45, 2.75) is 6.92 Å². The number of imidazole rings is 1. The van der Waals surface area contributed by atoms with Gasteiger partial charge in [-0.15, -0.1) is 0 Å². The zero-order chi connectivity index (χ0) is 10.3. The molecule has 0 atom stereocenters. The Labute approximate surface area is 85.4 Å². The lowest BCUT2D eigenvalue weighted by molar-refractivity contribution is 0.619. The lowest BCUT2D eigenvalue weighted by Gasteiger charge is -1.99. The predicted molar refractivity (Wildman–Crippen MR) is 55.8 cm³/mol. The van der Waals surface area contributed by atoms with Gasteiger partial charge in [0.1, 0.15) is 22.1 Å². The van der Waals surface area contributed by atoms with Gasteiger partial charge in [-0.3, -0.25) is 4.40 Å². The Bertz CT molecular complexity index is 518. The first kappa shape index (κ1) is 9.08. The first-order valence-corrected chi connectivity index (χ1v) is 4.44. The molecule has 2 rings (SSSR count).